The minimum atomic E-state index is -0.347. The molecule has 1 aliphatic carbocycles. The molecule has 4 rings (SSSR count). The van der Waals surface area contributed by atoms with Crippen LogP contribution in [0.4, 0.5) is 11.6 Å². The topological polar surface area (TPSA) is 101 Å². The fourth-order valence-electron chi connectivity index (χ4n) is 4.43. The first-order valence-electron chi connectivity index (χ1n) is 11.8. The van der Waals surface area contributed by atoms with Crippen molar-refractivity contribution in [1.29, 1.82) is 0 Å². The summed E-state index contributed by atoms with van der Waals surface area (Å²) in [7, 11) is 1.90. The largest absolute Gasteiger partial charge is 0.388 e. The number of pyridine rings is 1. The van der Waals surface area contributed by atoms with Crippen molar-refractivity contribution in [3.8, 4) is 0 Å². The molecule has 3 N–H and O–H groups in total. The second-order valence-corrected chi connectivity index (χ2v) is 8.49. The van der Waals surface area contributed by atoms with Crippen molar-refractivity contribution >= 4 is 28.6 Å². The minimum Gasteiger partial charge on any atom is -0.388 e. The van der Waals surface area contributed by atoms with E-state index in [9.17, 15) is 9.59 Å². The first-order valence-corrected chi connectivity index (χ1v) is 11.8. The maximum atomic E-state index is 13.1. The Morgan fingerprint density at radius 1 is 1.15 bits per heavy atom. The van der Waals surface area contributed by atoms with Crippen LogP contribution in [0.1, 0.15) is 61.0 Å². The van der Waals surface area contributed by atoms with Crippen LogP contribution >= 0.6 is 0 Å². The highest BCUT2D eigenvalue weighted by Crippen LogP contribution is 2.30. The minimum absolute atomic E-state index is 0.157. The monoisotopic (exact) mass is 448 g/mol. The van der Waals surface area contributed by atoms with Gasteiger partial charge in [0.2, 0.25) is 11.4 Å². The first kappa shape index (κ1) is 22.8. The lowest BCUT2D eigenvalue weighted by atomic mass is 9.95. The highest BCUT2D eigenvalue weighted by Gasteiger charge is 2.22. The zero-order valence-electron chi connectivity index (χ0n) is 19.4. The number of nitrogens with one attached hydrogen (secondary N) is 3. The van der Waals surface area contributed by atoms with Crippen molar-refractivity contribution in [2.75, 3.05) is 30.8 Å². The second-order valence-electron chi connectivity index (χ2n) is 8.49. The molecule has 174 valence electrons. The number of carbonyl (C=O) groups is 1. The van der Waals surface area contributed by atoms with E-state index in [2.05, 4.69) is 45.2 Å². The summed E-state index contributed by atoms with van der Waals surface area (Å²) in [6.45, 7) is 2.99. The van der Waals surface area contributed by atoms with Crippen LogP contribution in [-0.4, -0.2) is 40.6 Å². The first-order chi connectivity index (χ1) is 16.1. The van der Waals surface area contributed by atoms with Gasteiger partial charge >= 0.3 is 0 Å². The summed E-state index contributed by atoms with van der Waals surface area (Å²) in [5.41, 5.74) is 2.73. The van der Waals surface area contributed by atoms with Gasteiger partial charge in [-0.1, -0.05) is 31.4 Å². The van der Waals surface area contributed by atoms with Crippen molar-refractivity contribution in [1.82, 2.24) is 19.9 Å². The van der Waals surface area contributed by atoms with Crippen LogP contribution in [0.15, 0.2) is 41.5 Å². The smallest absolute Gasteiger partial charge is 0.256 e. The molecule has 0 spiro atoms. The van der Waals surface area contributed by atoms with E-state index in [4.69, 9.17) is 4.98 Å². The van der Waals surface area contributed by atoms with Crippen LogP contribution in [-0.2, 0) is 6.42 Å². The molecule has 1 aromatic carbocycles. The molecule has 0 aliphatic heterocycles. The van der Waals surface area contributed by atoms with Gasteiger partial charge in [0, 0.05) is 44.3 Å². The predicted octanol–water partition coefficient (Wildman–Crippen LogP) is 3.74. The molecule has 3 aromatic rings. The van der Waals surface area contributed by atoms with Crippen LogP contribution < -0.4 is 21.4 Å². The summed E-state index contributed by atoms with van der Waals surface area (Å²) in [6.07, 6.45) is 9.60. The van der Waals surface area contributed by atoms with Gasteiger partial charge in [-0.2, -0.15) is 4.98 Å². The summed E-state index contributed by atoms with van der Waals surface area (Å²) in [5.74, 6) is 0.143. The van der Waals surface area contributed by atoms with Crippen LogP contribution in [0.3, 0.4) is 0 Å². The van der Waals surface area contributed by atoms with Crippen LogP contribution in [0.5, 0.6) is 0 Å². The molecule has 1 fully saturated rings. The summed E-state index contributed by atoms with van der Waals surface area (Å²) in [6, 6.07) is 8.52. The molecule has 8 nitrogen and oxygen atoms in total. The molecule has 2 heterocycles. The average Bonchev–Trinajstić information content (AvgIpc) is 2.85. The number of hydrogen-bond acceptors (Lipinski definition) is 6. The molecule has 0 bridgehead atoms. The molecule has 1 aliphatic rings. The van der Waals surface area contributed by atoms with Crippen molar-refractivity contribution in [3.05, 3.63) is 58.0 Å². The standard InChI is InChI=1S/C25H32N6O2/c1-3-27-24(33)21-16-31(19-7-5-4-6-8-19)23-20(22(21)32)15-29-25(30-23)28-14-13-17-9-11-18(26-2)12-10-17/h9-12,15-16,19,26H,3-8,13-14H2,1-2H3,(H,27,33)(H,28,29,30). The molecule has 0 unspecified atom stereocenters. The number of benzene rings is 1. The van der Waals surface area contributed by atoms with E-state index in [1.54, 1.807) is 12.4 Å². The third-order valence-corrected chi connectivity index (χ3v) is 6.26. The highest BCUT2D eigenvalue weighted by molar-refractivity contribution is 5.96. The van der Waals surface area contributed by atoms with Crippen LogP contribution in [0, 0.1) is 0 Å². The summed E-state index contributed by atoms with van der Waals surface area (Å²) >= 11 is 0. The van der Waals surface area contributed by atoms with Crippen molar-refractivity contribution in [3.63, 3.8) is 0 Å². The Kier molecular flexibility index (Phi) is 7.22. The molecule has 0 atom stereocenters. The number of rotatable bonds is 8. The maximum Gasteiger partial charge on any atom is 0.256 e. The molecular formula is C25H32N6O2. The summed E-state index contributed by atoms with van der Waals surface area (Å²) in [4.78, 5) is 34.7. The van der Waals surface area contributed by atoms with Gasteiger partial charge in [-0.3, -0.25) is 9.59 Å². The molecule has 0 saturated heterocycles. The molecular weight excluding hydrogens is 416 g/mol. The van der Waals surface area contributed by atoms with Crippen molar-refractivity contribution < 1.29 is 4.79 Å². The number of anilines is 2. The number of carbonyl (C=O) groups excluding carboxylic acids is 1. The highest BCUT2D eigenvalue weighted by atomic mass is 16.2. The fraction of sp³-hybridized carbons (Fsp3) is 0.440. The quantitative estimate of drug-likeness (QED) is 0.485. The molecule has 33 heavy (non-hydrogen) atoms. The zero-order chi connectivity index (χ0) is 23.2. The van der Waals surface area contributed by atoms with Gasteiger partial charge in [-0.05, 0) is 43.9 Å². The Hall–Kier alpha value is -3.42. The normalized spacial score (nSPS) is 14.2. The number of hydrogen-bond donors (Lipinski definition) is 3. The van der Waals surface area contributed by atoms with Crippen LogP contribution in [0.25, 0.3) is 11.0 Å². The Morgan fingerprint density at radius 3 is 2.61 bits per heavy atom. The number of aromatic nitrogens is 3. The van der Waals surface area contributed by atoms with E-state index >= 15 is 0 Å². The average molecular weight is 449 g/mol. The van der Waals surface area contributed by atoms with E-state index in [1.807, 2.05) is 18.5 Å². The van der Waals surface area contributed by atoms with Crippen molar-refractivity contribution in [2.45, 2.75) is 51.5 Å². The third kappa shape index (κ3) is 5.16. The van der Waals surface area contributed by atoms with E-state index in [0.717, 1.165) is 37.8 Å². The van der Waals surface area contributed by atoms with Gasteiger partial charge < -0.3 is 20.5 Å². The summed E-state index contributed by atoms with van der Waals surface area (Å²) in [5, 5.41) is 9.54. The Labute approximate surface area is 193 Å². The SMILES string of the molecule is CCNC(=O)c1cn(C2CCCCC2)c2nc(NCCc3ccc(NC)cc3)ncc2c1=O. The molecule has 1 amide bonds. The number of amides is 1. The van der Waals surface area contributed by atoms with Gasteiger partial charge in [-0.15, -0.1) is 0 Å². The molecule has 8 heteroatoms. The van der Waals surface area contributed by atoms with Crippen molar-refractivity contribution in [2.24, 2.45) is 0 Å². The zero-order valence-corrected chi connectivity index (χ0v) is 19.4. The molecule has 1 saturated carbocycles. The lowest BCUT2D eigenvalue weighted by Crippen LogP contribution is -2.31. The van der Waals surface area contributed by atoms with E-state index in [0.29, 0.717) is 30.1 Å². The third-order valence-electron chi connectivity index (χ3n) is 6.26. The Balaban J connectivity index is 1.62. The van der Waals surface area contributed by atoms with E-state index < -0.39 is 0 Å². The lowest BCUT2D eigenvalue weighted by Gasteiger charge is -2.26. The van der Waals surface area contributed by atoms with Gasteiger partial charge in [0.25, 0.3) is 5.91 Å². The Morgan fingerprint density at radius 2 is 1.91 bits per heavy atom. The maximum absolute atomic E-state index is 13.1. The fourth-order valence-corrected chi connectivity index (χ4v) is 4.43. The van der Waals surface area contributed by atoms with Gasteiger partial charge in [-0.25, -0.2) is 4.98 Å². The van der Waals surface area contributed by atoms with Gasteiger partial charge in [0.1, 0.15) is 11.2 Å². The van der Waals surface area contributed by atoms with E-state index in [-0.39, 0.29) is 22.9 Å². The Bertz CT molecular complexity index is 1170. The van der Waals surface area contributed by atoms with E-state index in [1.165, 1.54) is 12.0 Å². The molecule has 0 radical (unpaired) electrons. The second kappa shape index (κ2) is 10.5. The van der Waals surface area contributed by atoms with Gasteiger partial charge in [0.05, 0.1) is 5.39 Å². The lowest BCUT2D eigenvalue weighted by molar-refractivity contribution is 0.0954. The number of nitrogens with zero attached hydrogens (tertiary/aromatic N) is 3. The molecule has 2 aromatic heterocycles. The number of fused-ring (bicyclic) bond motifs is 1. The predicted molar refractivity (Wildman–Crippen MR) is 132 cm³/mol. The summed E-state index contributed by atoms with van der Waals surface area (Å²) < 4.78 is 2.03. The van der Waals surface area contributed by atoms with Crippen LogP contribution in [0.2, 0.25) is 0 Å². The van der Waals surface area contributed by atoms with Gasteiger partial charge in [0.15, 0.2) is 0 Å².